The average Bonchev–Trinajstić information content (AvgIpc) is 3.38. The molecule has 2 amide bonds. The molecule has 0 radical (unpaired) electrons. The number of nitrogens with one attached hydrogen (secondary N) is 1. The van der Waals surface area contributed by atoms with E-state index in [1.807, 2.05) is 53.2 Å². The smallest absolute Gasteiger partial charge is 0.260 e. The Hall–Kier alpha value is -3.74. The summed E-state index contributed by atoms with van der Waals surface area (Å²) in [5.74, 6) is -0.244. The fraction of sp³-hybridized carbons (Fsp3) is 0.280. The molecule has 1 aliphatic carbocycles. The summed E-state index contributed by atoms with van der Waals surface area (Å²) in [6.07, 6.45) is 5.94. The van der Waals surface area contributed by atoms with Crippen LogP contribution in [0, 0.1) is 11.8 Å². The maximum Gasteiger partial charge on any atom is 0.260 e. The monoisotopic (exact) mass is 425 g/mol. The number of aromatic nitrogens is 3. The van der Waals surface area contributed by atoms with Gasteiger partial charge in [0.1, 0.15) is 0 Å². The molecule has 32 heavy (non-hydrogen) atoms. The van der Waals surface area contributed by atoms with Crippen LogP contribution in [-0.2, 0) is 9.59 Å². The van der Waals surface area contributed by atoms with Crippen LogP contribution < -0.4 is 10.2 Å². The Morgan fingerprint density at radius 3 is 2.03 bits per heavy atom. The second-order valence-electron chi connectivity index (χ2n) is 8.62. The zero-order chi connectivity index (χ0) is 21.7. The Labute approximate surface area is 185 Å². The van der Waals surface area contributed by atoms with Crippen LogP contribution in [0.5, 0.6) is 0 Å². The highest BCUT2D eigenvalue weighted by atomic mass is 16.2. The highest BCUT2D eigenvalue weighted by Gasteiger charge is 2.49. The van der Waals surface area contributed by atoms with Crippen LogP contribution in [0.25, 0.3) is 0 Å². The third kappa shape index (κ3) is 2.96. The Morgan fingerprint density at radius 1 is 0.812 bits per heavy atom. The van der Waals surface area contributed by atoms with Crippen molar-refractivity contribution in [3.8, 4) is 0 Å². The van der Waals surface area contributed by atoms with Crippen molar-refractivity contribution in [1.82, 2.24) is 14.8 Å². The van der Waals surface area contributed by atoms with Gasteiger partial charge in [-0.3, -0.25) is 9.59 Å². The lowest BCUT2D eigenvalue weighted by atomic mass is 9.85. The lowest BCUT2D eigenvalue weighted by molar-refractivity contribution is -0.122. The fourth-order valence-electron chi connectivity index (χ4n) is 5.11. The minimum atomic E-state index is -0.303. The van der Waals surface area contributed by atoms with Crippen molar-refractivity contribution in [2.24, 2.45) is 11.8 Å². The number of hydrogen-bond acceptors (Lipinski definition) is 5. The first-order valence-corrected chi connectivity index (χ1v) is 11.1. The van der Waals surface area contributed by atoms with Gasteiger partial charge in [0.05, 0.1) is 23.9 Å². The molecule has 0 saturated carbocycles. The van der Waals surface area contributed by atoms with Gasteiger partial charge in [-0.1, -0.05) is 72.8 Å². The van der Waals surface area contributed by atoms with Crippen LogP contribution in [0.3, 0.4) is 0 Å². The molecule has 1 aromatic heterocycles. The van der Waals surface area contributed by atoms with Crippen LogP contribution in [0.15, 0.2) is 72.8 Å². The largest absolute Gasteiger partial charge is 0.347 e. The Bertz CT molecular complexity index is 1180. The van der Waals surface area contributed by atoms with Crippen molar-refractivity contribution >= 4 is 23.7 Å². The van der Waals surface area contributed by atoms with Gasteiger partial charge >= 0.3 is 0 Å². The van der Waals surface area contributed by atoms with Crippen molar-refractivity contribution in [3.05, 3.63) is 83.9 Å². The molecule has 3 aliphatic rings. The summed E-state index contributed by atoms with van der Waals surface area (Å²) in [6.45, 7) is 0. The van der Waals surface area contributed by atoms with Gasteiger partial charge < -0.3 is 5.32 Å². The van der Waals surface area contributed by atoms with Crippen LogP contribution in [-0.4, -0.2) is 26.6 Å². The minimum absolute atomic E-state index is 0.0442. The second-order valence-corrected chi connectivity index (χ2v) is 8.62. The van der Waals surface area contributed by atoms with Crippen LogP contribution in [0.4, 0.5) is 11.9 Å². The number of allylic oxidation sites excluding steroid dienone is 2. The molecule has 7 nitrogen and oxygen atoms in total. The van der Waals surface area contributed by atoms with Crippen LogP contribution in [0.1, 0.15) is 42.5 Å². The van der Waals surface area contributed by atoms with E-state index in [0.29, 0.717) is 18.8 Å². The molecule has 1 saturated heterocycles. The van der Waals surface area contributed by atoms with Gasteiger partial charge in [0.25, 0.3) is 5.95 Å². The van der Waals surface area contributed by atoms with Crippen molar-refractivity contribution in [2.45, 2.75) is 31.3 Å². The van der Waals surface area contributed by atoms with Gasteiger partial charge in [-0.15, -0.1) is 5.10 Å². The molecule has 4 atom stereocenters. The summed E-state index contributed by atoms with van der Waals surface area (Å²) in [5, 5.41) is 8.16. The number of carbonyl (C=O) groups excluding carboxylic acids is 2. The molecule has 2 aromatic carbocycles. The van der Waals surface area contributed by atoms with Crippen molar-refractivity contribution in [2.75, 3.05) is 10.2 Å². The number of nitrogens with zero attached hydrogens (tertiary/aromatic N) is 4. The van der Waals surface area contributed by atoms with Crippen molar-refractivity contribution in [3.63, 3.8) is 0 Å². The molecule has 1 N–H and O–H groups in total. The fourth-order valence-corrected chi connectivity index (χ4v) is 5.11. The number of imide groups is 1. The molecule has 3 aromatic rings. The molecule has 7 heteroatoms. The predicted molar refractivity (Wildman–Crippen MR) is 120 cm³/mol. The van der Waals surface area contributed by atoms with Crippen LogP contribution in [0.2, 0.25) is 0 Å². The highest BCUT2D eigenvalue weighted by Crippen LogP contribution is 2.41. The van der Waals surface area contributed by atoms with E-state index in [-0.39, 0.29) is 41.7 Å². The third-order valence-electron chi connectivity index (χ3n) is 6.77. The molecule has 0 spiro atoms. The van der Waals surface area contributed by atoms with Gasteiger partial charge in [-0.2, -0.15) is 4.98 Å². The average molecular weight is 425 g/mol. The standard InChI is InChI=1S/C25H23N5O2/c31-22-18-13-7-8-14-19(18)23(32)29(22)25-27-24-26-20(16-9-3-1-4-10-16)15-21(30(24)28-25)17-11-5-2-6-12-17/h1-12,18-21H,13-15H2,(H,26,27,28)/t18-,19+,20-,21+/m1/s1. The Kier molecular flexibility index (Phi) is 4.41. The van der Waals surface area contributed by atoms with Crippen LogP contribution >= 0.6 is 0 Å². The maximum atomic E-state index is 13.1. The molecule has 160 valence electrons. The van der Waals surface area contributed by atoms with Crippen molar-refractivity contribution in [1.29, 1.82) is 0 Å². The van der Waals surface area contributed by atoms with E-state index >= 15 is 0 Å². The summed E-state index contributed by atoms with van der Waals surface area (Å²) in [5.41, 5.74) is 2.28. The number of rotatable bonds is 3. The number of anilines is 2. The lowest BCUT2D eigenvalue weighted by Crippen LogP contribution is -2.32. The molecule has 3 heterocycles. The normalized spacial score (nSPS) is 26.6. The Morgan fingerprint density at radius 2 is 1.41 bits per heavy atom. The van der Waals surface area contributed by atoms with E-state index in [9.17, 15) is 9.59 Å². The molecule has 0 bridgehead atoms. The summed E-state index contributed by atoms with van der Waals surface area (Å²) in [7, 11) is 0. The van der Waals surface area contributed by atoms with E-state index in [0.717, 1.165) is 17.5 Å². The van der Waals surface area contributed by atoms with Crippen molar-refractivity contribution < 1.29 is 9.59 Å². The number of amides is 2. The first kappa shape index (κ1) is 19.0. The van der Waals surface area contributed by atoms with Gasteiger partial charge in [-0.05, 0) is 30.4 Å². The van der Waals surface area contributed by atoms with Gasteiger partial charge in [-0.25, -0.2) is 9.58 Å². The quantitative estimate of drug-likeness (QED) is 0.509. The van der Waals surface area contributed by atoms with E-state index in [2.05, 4.69) is 39.7 Å². The van der Waals surface area contributed by atoms with E-state index in [4.69, 9.17) is 0 Å². The molecule has 1 fully saturated rings. The predicted octanol–water partition coefficient (Wildman–Crippen LogP) is 3.88. The summed E-state index contributed by atoms with van der Waals surface area (Å²) < 4.78 is 1.82. The van der Waals surface area contributed by atoms with Gasteiger partial charge in [0.2, 0.25) is 17.8 Å². The number of fused-ring (bicyclic) bond motifs is 2. The Balaban J connectivity index is 1.40. The lowest BCUT2D eigenvalue weighted by Gasteiger charge is -2.31. The minimum Gasteiger partial charge on any atom is -0.347 e. The van der Waals surface area contributed by atoms with E-state index < -0.39 is 0 Å². The zero-order valence-corrected chi connectivity index (χ0v) is 17.5. The van der Waals surface area contributed by atoms with E-state index in [1.165, 1.54) is 4.90 Å². The molecule has 2 aliphatic heterocycles. The number of carbonyl (C=O) groups is 2. The number of hydrogen-bond donors (Lipinski definition) is 1. The van der Waals surface area contributed by atoms with Gasteiger partial charge in [0, 0.05) is 0 Å². The summed E-state index contributed by atoms with van der Waals surface area (Å²) in [6, 6.07) is 20.4. The SMILES string of the molecule is O=C1[C@H]2CC=CC[C@H]2C(=O)N1c1nc2n(n1)[C@H](c1ccccc1)C[C@H](c1ccccc1)N2. The summed E-state index contributed by atoms with van der Waals surface area (Å²) >= 11 is 0. The molecule has 0 unspecified atom stereocenters. The van der Waals surface area contributed by atoms with E-state index in [1.54, 1.807) is 0 Å². The maximum absolute atomic E-state index is 13.1. The molecule has 6 rings (SSSR count). The first-order chi connectivity index (χ1) is 15.7. The first-order valence-electron chi connectivity index (χ1n) is 11.1. The zero-order valence-electron chi connectivity index (χ0n) is 17.5. The van der Waals surface area contributed by atoms with Gasteiger partial charge in [0.15, 0.2) is 0 Å². The molecular formula is C25H23N5O2. The summed E-state index contributed by atoms with van der Waals surface area (Å²) in [4.78, 5) is 32.0. The second kappa shape index (κ2) is 7.44. The number of benzene rings is 2. The topological polar surface area (TPSA) is 80.1 Å². The molecular weight excluding hydrogens is 402 g/mol. The highest BCUT2D eigenvalue weighted by molar-refractivity contribution is 6.21. The third-order valence-corrected chi connectivity index (χ3v) is 6.77.